The third-order valence-corrected chi connectivity index (χ3v) is 8.97. The molecule has 232 valence electrons. The number of aliphatic hydroxyl groups is 2. The van der Waals surface area contributed by atoms with Crippen molar-refractivity contribution < 1.29 is 41.0 Å². The molecule has 0 aliphatic rings. The Kier molecular flexibility index (Phi) is 32.1. The van der Waals surface area contributed by atoms with E-state index in [4.69, 9.17) is 24.1 Å². The molecule has 0 aromatic carbocycles. The van der Waals surface area contributed by atoms with E-state index < -0.39 is 16.1 Å². The first-order valence-corrected chi connectivity index (χ1v) is 17.4. The minimum absolute atomic E-state index is 0. The van der Waals surface area contributed by atoms with Gasteiger partial charge in [0.05, 0.1) is 60.2 Å². The highest BCUT2D eigenvalue weighted by molar-refractivity contribution is 6.27. The van der Waals surface area contributed by atoms with E-state index in [0.717, 1.165) is 10.5 Å². The summed E-state index contributed by atoms with van der Waals surface area (Å²) in [6, 6.07) is 1.15. The highest BCUT2D eigenvalue weighted by atomic mass is 35.5. The summed E-state index contributed by atoms with van der Waals surface area (Å²) < 4.78 is 17.8. The smallest absolute Gasteiger partial charge is 0.179 e. The second-order valence-electron chi connectivity index (χ2n) is 11.7. The van der Waals surface area contributed by atoms with E-state index in [2.05, 4.69) is 27.9 Å². The summed E-state index contributed by atoms with van der Waals surface area (Å²) in [5.74, 6) is 0.651. The average molecular weight is 584 g/mol. The number of rotatable bonds is 30. The SMILES string of the molecule is CCCCCCCCCCCCCCCCCC[N+](C)(C)CC(C)C[SiH2]OCC(OCCO)OCCO.[Cl-]. The highest BCUT2D eigenvalue weighted by Gasteiger charge is 2.19. The third kappa shape index (κ3) is 29.3. The van der Waals surface area contributed by atoms with E-state index in [1.165, 1.54) is 116 Å². The largest absolute Gasteiger partial charge is 1.00 e. The summed E-state index contributed by atoms with van der Waals surface area (Å²) in [6.45, 7) is 7.84. The zero-order chi connectivity index (χ0) is 27.5. The molecule has 0 aromatic rings. The van der Waals surface area contributed by atoms with Crippen molar-refractivity contribution in [3.63, 3.8) is 0 Å². The van der Waals surface area contributed by atoms with Crippen molar-refractivity contribution in [1.29, 1.82) is 0 Å². The highest BCUT2D eigenvalue weighted by Crippen LogP contribution is 2.15. The number of quaternary nitrogens is 1. The first-order chi connectivity index (χ1) is 17.9. The molecule has 8 heteroatoms. The topological polar surface area (TPSA) is 68.2 Å². The van der Waals surface area contributed by atoms with Crippen LogP contribution in [0.4, 0.5) is 0 Å². The lowest BCUT2D eigenvalue weighted by Crippen LogP contribution is -3.00. The van der Waals surface area contributed by atoms with Crippen molar-refractivity contribution in [2.75, 3.05) is 60.2 Å². The van der Waals surface area contributed by atoms with Gasteiger partial charge in [-0.2, -0.15) is 0 Å². The van der Waals surface area contributed by atoms with Crippen LogP contribution in [-0.4, -0.2) is 91.0 Å². The van der Waals surface area contributed by atoms with Crippen LogP contribution in [0.3, 0.4) is 0 Å². The lowest BCUT2D eigenvalue weighted by atomic mass is 10.0. The average Bonchev–Trinajstić information content (AvgIpc) is 2.87. The summed E-state index contributed by atoms with van der Waals surface area (Å²) in [7, 11) is 4.10. The number of halogens is 1. The van der Waals surface area contributed by atoms with Gasteiger partial charge in [0.25, 0.3) is 0 Å². The minimum atomic E-state index is -0.638. The lowest BCUT2D eigenvalue weighted by molar-refractivity contribution is -0.893. The van der Waals surface area contributed by atoms with E-state index in [9.17, 15) is 0 Å². The molecule has 2 N–H and O–H groups in total. The molecule has 0 heterocycles. The number of hydrogen-bond acceptors (Lipinski definition) is 5. The van der Waals surface area contributed by atoms with Crippen molar-refractivity contribution >= 4 is 9.76 Å². The maximum atomic E-state index is 8.92. The quantitative estimate of drug-likeness (QED) is 0.0589. The molecule has 0 aromatic heterocycles. The Morgan fingerprint density at radius 1 is 0.684 bits per heavy atom. The molecule has 0 spiro atoms. The minimum Gasteiger partial charge on any atom is -1.00 e. The van der Waals surface area contributed by atoms with Crippen LogP contribution < -0.4 is 12.4 Å². The van der Waals surface area contributed by atoms with Crippen molar-refractivity contribution in [1.82, 2.24) is 0 Å². The Labute approximate surface area is 245 Å². The van der Waals surface area contributed by atoms with Gasteiger partial charge < -0.3 is 41.0 Å². The van der Waals surface area contributed by atoms with Crippen LogP contribution in [0.2, 0.25) is 6.04 Å². The van der Waals surface area contributed by atoms with Crippen LogP contribution in [0.5, 0.6) is 0 Å². The van der Waals surface area contributed by atoms with E-state index >= 15 is 0 Å². The molecule has 0 rings (SSSR count). The normalized spacial score (nSPS) is 13.0. The molecule has 1 atom stereocenters. The van der Waals surface area contributed by atoms with Gasteiger partial charge >= 0.3 is 0 Å². The van der Waals surface area contributed by atoms with Gasteiger partial charge in [-0.25, -0.2) is 0 Å². The molecule has 0 aliphatic carbocycles. The Bertz CT molecular complexity index is 454. The van der Waals surface area contributed by atoms with Gasteiger partial charge in [0.1, 0.15) is 0 Å². The van der Waals surface area contributed by atoms with Crippen molar-refractivity contribution in [2.24, 2.45) is 5.92 Å². The predicted molar refractivity (Wildman–Crippen MR) is 160 cm³/mol. The van der Waals surface area contributed by atoms with Crippen LogP contribution >= 0.6 is 0 Å². The fourth-order valence-electron chi connectivity index (χ4n) is 5.09. The number of unbranched alkanes of at least 4 members (excludes halogenated alkanes) is 15. The molecule has 0 radical (unpaired) electrons. The van der Waals surface area contributed by atoms with Crippen LogP contribution in [-0.2, 0) is 13.9 Å². The predicted octanol–water partition coefficient (Wildman–Crippen LogP) is 2.83. The summed E-state index contributed by atoms with van der Waals surface area (Å²) in [5, 5.41) is 17.8. The fourth-order valence-corrected chi connectivity index (χ4v) is 6.20. The van der Waals surface area contributed by atoms with E-state index in [1.807, 2.05) is 0 Å². The summed E-state index contributed by atoms with van der Waals surface area (Å²) in [6.07, 6.45) is 22.2. The lowest BCUT2D eigenvalue weighted by Gasteiger charge is -2.32. The van der Waals surface area contributed by atoms with Crippen LogP contribution in [0.1, 0.15) is 117 Å². The van der Waals surface area contributed by atoms with Gasteiger partial charge in [0, 0.05) is 5.92 Å². The maximum Gasteiger partial charge on any atom is 0.179 e. The first kappa shape index (κ1) is 40.4. The second kappa shape index (κ2) is 30.2. The molecule has 0 aliphatic heterocycles. The van der Waals surface area contributed by atoms with Crippen LogP contribution in [0.15, 0.2) is 0 Å². The molecule has 0 bridgehead atoms. The molecular weight excluding hydrogens is 518 g/mol. The van der Waals surface area contributed by atoms with E-state index in [-0.39, 0.29) is 38.8 Å². The van der Waals surface area contributed by atoms with Crippen molar-refractivity contribution in [3.8, 4) is 0 Å². The van der Waals surface area contributed by atoms with Crippen LogP contribution in [0, 0.1) is 5.92 Å². The Morgan fingerprint density at radius 3 is 1.53 bits per heavy atom. The number of ether oxygens (including phenoxy) is 2. The molecule has 0 amide bonds. The monoisotopic (exact) mass is 583 g/mol. The molecular formula is C30H66ClNO5Si. The Hall–Kier alpha value is 0.267. The van der Waals surface area contributed by atoms with E-state index in [0.29, 0.717) is 12.5 Å². The molecule has 1 unspecified atom stereocenters. The molecule has 38 heavy (non-hydrogen) atoms. The van der Waals surface area contributed by atoms with Gasteiger partial charge in [-0.15, -0.1) is 0 Å². The molecule has 0 fully saturated rings. The maximum absolute atomic E-state index is 8.92. The first-order valence-electron chi connectivity index (χ1n) is 15.8. The number of hydrogen-bond donors (Lipinski definition) is 2. The molecule has 0 saturated heterocycles. The zero-order valence-corrected chi connectivity index (χ0v) is 27.9. The molecule has 0 saturated carbocycles. The summed E-state index contributed by atoms with van der Waals surface area (Å²) in [4.78, 5) is 0. The van der Waals surface area contributed by atoms with Crippen molar-refractivity contribution in [2.45, 2.75) is 129 Å². The number of aliphatic hydroxyl groups excluding tert-OH is 2. The Morgan fingerprint density at radius 2 is 1.11 bits per heavy atom. The van der Waals surface area contributed by atoms with Gasteiger partial charge in [-0.3, -0.25) is 0 Å². The van der Waals surface area contributed by atoms with Crippen molar-refractivity contribution in [3.05, 3.63) is 0 Å². The van der Waals surface area contributed by atoms with Gasteiger partial charge in [0.15, 0.2) is 16.1 Å². The summed E-state index contributed by atoms with van der Waals surface area (Å²) in [5.41, 5.74) is 0. The van der Waals surface area contributed by atoms with Gasteiger partial charge in [-0.05, 0) is 18.9 Å². The molecule has 6 nitrogen and oxygen atoms in total. The number of nitrogens with zero attached hydrogens (tertiary/aromatic N) is 1. The second-order valence-corrected chi connectivity index (χ2v) is 13.1. The fraction of sp³-hybridized carbons (Fsp3) is 1.00. The van der Waals surface area contributed by atoms with Gasteiger partial charge in [0.2, 0.25) is 0 Å². The third-order valence-electron chi connectivity index (χ3n) is 7.22. The van der Waals surface area contributed by atoms with Gasteiger partial charge in [-0.1, -0.05) is 104 Å². The Balaban J connectivity index is 0. The van der Waals surface area contributed by atoms with Crippen LogP contribution in [0.25, 0.3) is 0 Å². The zero-order valence-electron chi connectivity index (χ0n) is 25.8. The standard InChI is InChI=1S/C30H66NO5Si.ClH/c1-5-6-7-8-9-10-11-12-13-14-15-16-17-18-19-20-21-31(3,4)26-29(2)28-37-36-27-30(34-24-22-32)35-25-23-33;/h29-30,32-33H,5-28,37H2,1-4H3;1H/q+1;/p-1. The van der Waals surface area contributed by atoms with E-state index in [1.54, 1.807) is 0 Å². The summed E-state index contributed by atoms with van der Waals surface area (Å²) >= 11 is 0.